The molecular formula is C24H22N2O3S2. The third kappa shape index (κ3) is 4.16. The number of thiophene rings is 1. The lowest BCUT2D eigenvalue weighted by atomic mass is 10.0. The van der Waals surface area contributed by atoms with Gasteiger partial charge in [-0.3, -0.25) is 14.2 Å². The standard InChI is InChI=1S/C24H22N2O3S2/c1-4-29-23(28)16(3)31-24-25-21-20(22(27)26(24)18-13-9-6-10-14-18)19(15(2)30-21)17-11-7-5-8-12-17/h5-14,16H,4H2,1-3H3. The number of para-hydroxylation sites is 1. The molecule has 4 aromatic rings. The van der Waals surface area contributed by atoms with E-state index < -0.39 is 5.25 Å². The van der Waals surface area contributed by atoms with E-state index in [0.29, 0.717) is 27.7 Å². The Kier molecular flexibility index (Phi) is 6.25. The van der Waals surface area contributed by atoms with Crippen molar-refractivity contribution in [3.63, 3.8) is 0 Å². The van der Waals surface area contributed by atoms with Crippen LogP contribution in [0.4, 0.5) is 0 Å². The van der Waals surface area contributed by atoms with Crippen molar-refractivity contribution in [2.45, 2.75) is 31.2 Å². The highest BCUT2D eigenvalue weighted by Gasteiger charge is 2.24. The molecule has 158 valence electrons. The molecule has 0 radical (unpaired) electrons. The van der Waals surface area contributed by atoms with Gasteiger partial charge in [-0.1, -0.05) is 60.3 Å². The quantitative estimate of drug-likeness (QED) is 0.222. The van der Waals surface area contributed by atoms with Gasteiger partial charge in [-0.2, -0.15) is 0 Å². The second-order valence-electron chi connectivity index (χ2n) is 6.96. The number of ether oxygens (including phenoxy) is 1. The molecule has 0 aliphatic rings. The van der Waals surface area contributed by atoms with E-state index in [4.69, 9.17) is 9.72 Å². The minimum absolute atomic E-state index is 0.141. The Morgan fingerprint density at radius 1 is 1.13 bits per heavy atom. The van der Waals surface area contributed by atoms with Gasteiger partial charge >= 0.3 is 5.97 Å². The monoisotopic (exact) mass is 450 g/mol. The second kappa shape index (κ2) is 9.08. The van der Waals surface area contributed by atoms with E-state index in [0.717, 1.165) is 16.0 Å². The van der Waals surface area contributed by atoms with Crippen molar-refractivity contribution in [2.24, 2.45) is 0 Å². The summed E-state index contributed by atoms with van der Waals surface area (Å²) in [5.41, 5.74) is 2.48. The number of hydrogen-bond acceptors (Lipinski definition) is 6. The van der Waals surface area contributed by atoms with E-state index in [1.54, 1.807) is 18.4 Å². The zero-order valence-corrected chi connectivity index (χ0v) is 19.1. The highest BCUT2D eigenvalue weighted by molar-refractivity contribution is 8.00. The fourth-order valence-electron chi connectivity index (χ4n) is 3.44. The van der Waals surface area contributed by atoms with Crippen LogP contribution in [-0.4, -0.2) is 27.4 Å². The summed E-state index contributed by atoms with van der Waals surface area (Å²) in [4.78, 5) is 32.6. The molecule has 0 aliphatic carbocycles. The fourth-order valence-corrected chi connectivity index (χ4v) is 5.46. The van der Waals surface area contributed by atoms with Gasteiger partial charge in [0.15, 0.2) is 5.16 Å². The summed E-state index contributed by atoms with van der Waals surface area (Å²) in [6.45, 7) is 5.86. The topological polar surface area (TPSA) is 61.2 Å². The van der Waals surface area contributed by atoms with E-state index in [1.807, 2.05) is 67.6 Å². The van der Waals surface area contributed by atoms with Crippen molar-refractivity contribution in [1.82, 2.24) is 9.55 Å². The number of carbonyl (C=O) groups excluding carboxylic acids is 1. The van der Waals surface area contributed by atoms with Crippen molar-refractivity contribution in [2.75, 3.05) is 6.61 Å². The van der Waals surface area contributed by atoms with Crippen molar-refractivity contribution in [1.29, 1.82) is 0 Å². The maximum absolute atomic E-state index is 13.8. The Morgan fingerprint density at radius 3 is 2.42 bits per heavy atom. The maximum Gasteiger partial charge on any atom is 0.319 e. The van der Waals surface area contributed by atoms with Gasteiger partial charge in [-0.05, 0) is 38.5 Å². The largest absolute Gasteiger partial charge is 0.465 e. The molecule has 5 nitrogen and oxygen atoms in total. The van der Waals surface area contributed by atoms with Crippen molar-refractivity contribution in [3.05, 3.63) is 75.9 Å². The van der Waals surface area contributed by atoms with Crippen LogP contribution in [0, 0.1) is 6.92 Å². The van der Waals surface area contributed by atoms with Crippen molar-refractivity contribution < 1.29 is 9.53 Å². The van der Waals surface area contributed by atoms with Crippen LogP contribution >= 0.6 is 23.1 Å². The lowest BCUT2D eigenvalue weighted by Gasteiger charge is -2.15. The Labute approximate surface area is 188 Å². The number of carbonyl (C=O) groups is 1. The first-order valence-corrected chi connectivity index (χ1v) is 11.7. The smallest absolute Gasteiger partial charge is 0.319 e. The van der Waals surface area contributed by atoms with Gasteiger partial charge in [0.2, 0.25) is 0 Å². The van der Waals surface area contributed by atoms with Crippen LogP contribution in [0.15, 0.2) is 70.6 Å². The summed E-state index contributed by atoms with van der Waals surface area (Å²) in [7, 11) is 0. The molecule has 1 unspecified atom stereocenters. The molecular weight excluding hydrogens is 428 g/mol. The Morgan fingerprint density at radius 2 is 1.77 bits per heavy atom. The van der Waals surface area contributed by atoms with Crippen molar-refractivity contribution >= 4 is 39.3 Å². The molecule has 31 heavy (non-hydrogen) atoms. The van der Waals surface area contributed by atoms with Gasteiger partial charge in [0, 0.05) is 10.4 Å². The van der Waals surface area contributed by atoms with Gasteiger partial charge in [0.05, 0.1) is 17.7 Å². The summed E-state index contributed by atoms with van der Waals surface area (Å²) in [5, 5.41) is 0.588. The zero-order valence-electron chi connectivity index (χ0n) is 17.5. The summed E-state index contributed by atoms with van der Waals surface area (Å²) in [5.74, 6) is -0.325. The summed E-state index contributed by atoms with van der Waals surface area (Å²) in [6, 6.07) is 19.3. The molecule has 0 bridgehead atoms. The number of rotatable bonds is 6. The number of benzene rings is 2. The van der Waals surface area contributed by atoms with E-state index in [-0.39, 0.29) is 11.5 Å². The Hall–Kier alpha value is -2.90. The molecule has 2 heterocycles. The first kappa shape index (κ1) is 21.3. The molecule has 0 saturated heterocycles. The van der Waals surface area contributed by atoms with Crippen LogP contribution in [0.2, 0.25) is 0 Å². The fraction of sp³-hybridized carbons (Fsp3) is 0.208. The summed E-state index contributed by atoms with van der Waals surface area (Å²) >= 11 is 2.73. The molecule has 0 N–H and O–H groups in total. The normalized spacial score (nSPS) is 12.1. The molecule has 0 saturated carbocycles. The first-order chi connectivity index (χ1) is 15.0. The zero-order chi connectivity index (χ0) is 22.0. The maximum atomic E-state index is 13.8. The lowest BCUT2D eigenvalue weighted by molar-refractivity contribution is -0.142. The average molecular weight is 451 g/mol. The second-order valence-corrected chi connectivity index (χ2v) is 9.47. The minimum atomic E-state index is -0.492. The van der Waals surface area contributed by atoms with Gasteiger partial charge in [-0.15, -0.1) is 11.3 Å². The van der Waals surface area contributed by atoms with Crippen LogP contribution in [0.3, 0.4) is 0 Å². The molecule has 7 heteroatoms. The lowest BCUT2D eigenvalue weighted by Crippen LogP contribution is -2.24. The van der Waals surface area contributed by atoms with Gasteiger partial charge in [0.25, 0.3) is 5.56 Å². The molecule has 0 fully saturated rings. The number of hydrogen-bond donors (Lipinski definition) is 0. The molecule has 1 atom stereocenters. The molecule has 2 aromatic heterocycles. The predicted molar refractivity (Wildman–Crippen MR) is 127 cm³/mol. The number of nitrogens with zero attached hydrogens (tertiary/aromatic N) is 2. The molecule has 0 aliphatic heterocycles. The van der Waals surface area contributed by atoms with E-state index in [9.17, 15) is 9.59 Å². The predicted octanol–water partition coefficient (Wildman–Crippen LogP) is 5.47. The van der Waals surface area contributed by atoms with Gasteiger partial charge < -0.3 is 4.74 Å². The van der Waals surface area contributed by atoms with Crippen LogP contribution in [-0.2, 0) is 9.53 Å². The number of thioether (sulfide) groups is 1. The SMILES string of the molecule is CCOC(=O)C(C)Sc1nc2sc(C)c(-c3ccccc3)c2c(=O)n1-c1ccccc1. The summed E-state index contributed by atoms with van der Waals surface area (Å²) < 4.78 is 6.75. The highest BCUT2D eigenvalue weighted by Crippen LogP contribution is 2.37. The molecule has 0 spiro atoms. The molecule has 4 rings (SSSR count). The average Bonchev–Trinajstić information content (AvgIpc) is 3.11. The van der Waals surface area contributed by atoms with Crippen molar-refractivity contribution in [3.8, 4) is 16.8 Å². The number of aromatic nitrogens is 2. The van der Waals surface area contributed by atoms with E-state index >= 15 is 0 Å². The first-order valence-electron chi connectivity index (χ1n) is 10.0. The number of fused-ring (bicyclic) bond motifs is 1. The van der Waals surface area contributed by atoms with Crippen LogP contribution < -0.4 is 5.56 Å². The van der Waals surface area contributed by atoms with Gasteiger partial charge in [-0.25, -0.2) is 4.98 Å². The third-order valence-corrected chi connectivity index (χ3v) is 6.88. The molecule has 0 amide bonds. The highest BCUT2D eigenvalue weighted by atomic mass is 32.2. The number of aryl methyl sites for hydroxylation is 1. The van der Waals surface area contributed by atoms with Crippen LogP contribution in [0.1, 0.15) is 18.7 Å². The van der Waals surface area contributed by atoms with Crippen LogP contribution in [0.25, 0.3) is 27.0 Å². The number of esters is 1. The van der Waals surface area contributed by atoms with Crippen LogP contribution in [0.5, 0.6) is 0 Å². The third-order valence-electron chi connectivity index (χ3n) is 4.85. The Bertz CT molecular complexity index is 1280. The Balaban J connectivity index is 1.96. The van der Waals surface area contributed by atoms with E-state index in [1.165, 1.54) is 23.1 Å². The van der Waals surface area contributed by atoms with E-state index in [2.05, 4.69) is 0 Å². The summed E-state index contributed by atoms with van der Waals surface area (Å²) in [6.07, 6.45) is 0. The minimum Gasteiger partial charge on any atom is -0.465 e. The molecule has 2 aromatic carbocycles. The van der Waals surface area contributed by atoms with Gasteiger partial charge in [0.1, 0.15) is 10.1 Å².